The van der Waals surface area contributed by atoms with Crippen LogP contribution in [-0.4, -0.2) is 16.9 Å². The molecule has 0 saturated heterocycles. The Hall–Kier alpha value is -2.69. The van der Waals surface area contributed by atoms with Crippen LogP contribution in [-0.2, 0) is 0 Å². The zero-order chi connectivity index (χ0) is 13.6. The predicted octanol–water partition coefficient (Wildman–Crippen LogP) is 2.33. The standard InChI is InChI=1S/C14H8FNO3/c15-8-5-6-12(17)11(7-8)16-13(18)9-3-1-2-4-10(9)14(16)19/h1-7,17H. The number of rotatable bonds is 1. The summed E-state index contributed by atoms with van der Waals surface area (Å²) < 4.78 is 13.2. The summed E-state index contributed by atoms with van der Waals surface area (Å²) in [5, 5.41) is 9.70. The first-order chi connectivity index (χ1) is 9.09. The first-order valence-electron chi connectivity index (χ1n) is 5.56. The molecule has 0 aliphatic carbocycles. The quantitative estimate of drug-likeness (QED) is 0.798. The molecule has 2 amide bonds. The average Bonchev–Trinajstić information content (AvgIpc) is 2.66. The van der Waals surface area contributed by atoms with Crippen molar-refractivity contribution in [3.63, 3.8) is 0 Å². The van der Waals surface area contributed by atoms with Crippen LogP contribution in [0.5, 0.6) is 5.75 Å². The molecular formula is C14H8FNO3. The lowest BCUT2D eigenvalue weighted by Gasteiger charge is -2.15. The maximum atomic E-state index is 13.2. The first-order valence-corrected chi connectivity index (χ1v) is 5.56. The lowest BCUT2D eigenvalue weighted by Crippen LogP contribution is -2.29. The van der Waals surface area contributed by atoms with E-state index in [1.165, 1.54) is 12.1 Å². The highest BCUT2D eigenvalue weighted by Crippen LogP contribution is 2.34. The van der Waals surface area contributed by atoms with E-state index in [-0.39, 0.29) is 22.6 Å². The van der Waals surface area contributed by atoms with Crippen molar-refractivity contribution in [1.82, 2.24) is 0 Å². The number of amides is 2. The number of hydrogen-bond donors (Lipinski definition) is 1. The van der Waals surface area contributed by atoms with Crippen molar-refractivity contribution in [2.75, 3.05) is 4.90 Å². The maximum Gasteiger partial charge on any atom is 0.266 e. The normalized spacial score (nSPS) is 13.8. The van der Waals surface area contributed by atoms with Gasteiger partial charge in [0.15, 0.2) is 0 Å². The van der Waals surface area contributed by atoms with Gasteiger partial charge in [0.2, 0.25) is 0 Å². The zero-order valence-corrected chi connectivity index (χ0v) is 9.63. The molecule has 1 aliphatic heterocycles. The number of imide groups is 1. The fourth-order valence-electron chi connectivity index (χ4n) is 2.08. The van der Waals surface area contributed by atoms with Crippen LogP contribution in [0.4, 0.5) is 10.1 Å². The van der Waals surface area contributed by atoms with E-state index in [0.717, 1.165) is 23.1 Å². The third-order valence-corrected chi connectivity index (χ3v) is 2.97. The molecule has 0 spiro atoms. The van der Waals surface area contributed by atoms with Gasteiger partial charge < -0.3 is 5.11 Å². The predicted molar refractivity (Wildman–Crippen MR) is 65.6 cm³/mol. The van der Waals surface area contributed by atoms with E-state index >= 15 is 0 Å². The SMILES string of the molecule is O=C1c2ccccc2C(=O)N1c1cc(F)ccc1O. The molecule has 19 heavy (non-hydrogen) atoms. The minimum atomic E-state index is -0.635. The van der Waals surface area contributed by atoms with E-state index in [4.69, 9.17) is 0 Å². The van der Waals surface area contributed by atoms with Gasteiger partial charge in [-0.1, -0.05) is 12.1 Å². The molecule has 0 radical (unpaired) electrons. The fraction of sp³-hybridized carbons (Fsp3) is 0. The summed E-state index contributed by atoms with van der Waals surface area (Å²) in [4.78, 5) is 25.1. The number of aromatic hydroxyl groups is 1. The van der Waals surface area contributed by atoms with E-state index in [9.17, 15) is 19.1 Å². The van der Waals surface area contributed by atoms with Crippen LogP contribution in [0.1, 0.15) is 20.7 Å². The van der Waals surface area contributed by atoms with Crippen molar-refractivity contribution < 1.29 is 19.1 Å². The number of fused-ring (bicyclic) bond motifs is 1. The van der Waals surface area contributed by atoms with Crippen molar-refractivity contribution in [2.45, 2.75) is 0 Å². The van der Waals surface area contributed by atoms with E-state index in [2.05, 4.69) is 0 Å². The highest BCUT2D eigenvalue weighted by atomic mass is 19.1. The maximum absolute atomic E-state index is 13.2. The van der Waals surface area contributed by atoms with E-state index in [0.29, 0.717) is 0 Å². The molecule has 2 aromatic carbocycles. The van der Waals surface area contributed by atoms with Crippen LogP contribution in [0.25, 0.3) is 0 Å². The number of carbonyl (C=O) groups is 2. The van der Waals surface area contributed by atoms with Crippen molar-refractivity contribution in [1.29, 1.82) is 0 Å². The largest absolute Gasteiger partial charge is 0.506 e. The molecule has 1 N–H and O–H groups in total. The lowest BCUT2D eigenvalue weighted by atomic mass is 10.1. The van der Waals surface area contributed by atoms with E-state index in [1.54, 1.807) is 12.1 Å². The Morgan fingerprint density at radius 1 is 0.947 bits per heavy atom. The molecule has 4 nitrogen and oxygen atoms in total. The number of carbonyl (C=O) groups excluding carboxylic acids is 2. The van der Waals surface area contributed by atoms with Crippen molar-refractivity contribution in [3.05, 3.63) is 59.4 Å². The monoisotopic (exact) mass is 257 g/mol. The number of phenolic OH excluding ortho intramolecular Hbond substituents is 1. The molecule has 0 aromatic heterocycles. The zero-order valence-electron chi connectivity index (χ0n) is 9.63. The molecule has 0 atom stereocenters. The minimum Gasteiger partial charge on any atom is -0.506 e. The highest BCUT2D eigenvalue weighted by molar-refractivity contribution is 6.34. The Morgan fingerprint density at radius 3 is 2.11 bits per heavy atom. The summed E-state index contributed by atoms with van der Waals surface area (Å²) in [5.74, 6) is -2.09. The second-order valence-electron chi connectivity index (χ2n) is 4.12. The number of anilines is 1. The van der Waals surface area contributed by atoms with Gasteiger partial charge in [-0.3, -0.25) is 9.59 Å². The summed E-state index contributed by atoms with van der Waals surface area (Å²) in [7, 11) is 0. The van der Waals surface area contributed by atoms with Gasteiger partial charge in [-0.2, -0.15) is 0 Å². The van der Waals surface area contributed by atoms with Gasteiger partial charge in [-0.15, -0.1) is 0 Å². The minimum absolute atomic E-state index is 0.147. The third kappa shape index (κ3) is 1.59. The molecule has 0 fully saturated rings. The highest BCUT2D eigenvalue weighted by Gasteiger charge is 2.37. The number of phenols is 1. The molecule has 0 bridgehead atoms. The Morgan fingerprint density at radius 2 is 1.53 bits per heavy atom. The molecule has 94 valence electrons. The van der Waals surface area contributed by atoms with Crippen molar-refractivity contribution in [2.24, 2.45) is 0 Å². The summed E-state index contributed by atoms with van der Waals surface area (Å²) in [6, 6.07) is 9.43. The molecule has 3 rings (SSSR count). The molecule has 0 saturated carbocycles. The summed E-state index contributed by atoms with van der Waals surface area (Å²) in [5.41, 5.74) is 0.346. The second-order valence-corrected chi connectivity index (χ2v) is 4.12. The van der Waals surface area contributed by atoms with E-state index in [1.807, 2.05) is 0 Å². The van der Waals surface area contributed by atoms with Crippen LogP contribution in [0, 0.1) is 5.82 Å². The Kier molecular flexibility index (Phi) is 2.35. The van der Waals surface area contributed by atoms with Crippen LogP contribution in [0.15, 0.2) is 42.5 Å². The van der Waals surface area contributed by atoms with E-state index < -0.39 is 17.6 Å². The van der Waals surface area contributed by atoms with Gasteiger partial charge in [0.25, 0.3) is 11.8 Å². The van der Waals surface area contributed by atoms with Gasteiger partial charge in [0.05, 0.1) is 16.8 Å². The number of nitrogens with zero attached hydrogens (tertiary/aromatic N) is 1. The van der Waals surface area contributed by atoms with Gasteiger partial charge >= 0.3 is 0 Å². The van der Waals surface area contributed by atoms with Crippen molar-refractivity contribution in [3.8, 4) is 5.75 Å². The smallest absolute Gasteiger partial charge is 0.266 e. The van der Waals surface area contributed by atoms with Gasteiger partial charge in [-0.25, -0.2) is 9.29 Å². The van der Waals surface area contributed by atoms with Gasteiger partial charge in [0, 0.05) is 6.07 Å². The number of hydrogen-bond acceptors (Lipinski definition) is 3. The van der Waals surface area contributed by atoms with Gasteiger partial charge in [-0.05, 0) is 24.3 Å². The van der Waals surface area contributed by atoms with Crippen LogP contribution >= 0.6 is 0 Å². The molecule has 0 unspecified atom stereocenters. The van der Waals surface area contributed by atoms with Crippen LogP contribution in [0.2, 0.25) is 0 Å². The Bertz CT molecular complexity index is 677. The summed E-state index contributed by atoms with van der Waals surface area (Å²) in [6.45, 7) is 0. The van der Waals surface area contributed by atoms with Crippen molar-refractivity contribution >= 4 is 17.5 Å². The molecular weight excluding hydrogens is 249 g/mol. The van der Waals surface area contributed by atoms with Gasteiger partial charge in [0.1, 0.15) is 11.6 Å². The second kappa shape index (κ2) is 3.91. The number of benzene rings is 2. The number of halogens is 1. The fourth-order valence-corrected chi connectivity index (χ4v) is 2.08. The Balaban J connectivity index is 2.17. The van der Waals surface area contributed by atoms with Crippen LogP contribution < -0.4 is 4.90 Å². The molecule has 1 aliphatic rings. The van der Waals surface area contributed by atoms with Crippen LogP contribution in [0.3, 0.4) is 0 Å². The lowest BCUT2D eigenvalue weighted by molar-refractivity contribution is 0.0925. The Labute approximate surface area is 107 Å². The summed E-state index contributed by atoms with van der Waals surface area (Å²) >= 11 is 0. The summed E-state index contributed by atoms with van der Waals surface area (Å²) in [6.07, 6.45) is 0. The average molecular weight is 257 g/mol. The topological polar surface area (TPSA) is 57.6 Å². The third-order valence-electron chi connectivity index (χ3n) is 2.97. The molecule has 1 heterocycles. The molecule has 5 heteroatoms. The first kappa shape index (κ1) is 11.4. The molecule has 2 aromatic rings.